The van der Waals surface area contributed by atoms with Gasteiger partial charge in [-0.3, -0.25) is 4.79 Å². The van der Waals surface area contributed by atoms with Gasteiger partial charge in [-0.05, 0) is 25.2 Å². The average molecular weight is 283 g/mol. The Balaban J connectivity index is 1.92. The summed E-state index contributed by atoms with van der Waals surface area (Å²) in [4.78, 5) is 18.4. The molecular formula is C13H21N3O2S. The number of nitrogens with zero attached hydrogens (tertiary/aromatic N) is 2. The number of carbonyl (C=O) groups excluding carboxylic acids is 1. The second-order valence-corrected chi connectivity index (χ2v) is 5.72. The van der Waals surface area contributed by atoms with Crippen molar-refractivity contribution in [2.24, 2.45) is 5.92 Å². The van der Waals surface area contributed by atoms with Crippen molar-refractivity contribution in [1.29, 1.82) is 0 Å². The molecule has 0 unspecified atom stereocenters. The summed E-state index contributed by atoms with van der Waals surface area (Å²) in [5.74, 6) is 0.332. The fourth-order valence-electron chi connectivity index (χ4n) is 2.15. The Hall–Kier alpha value is -1.14. The first kappa shape index (κ1) is 14.3. The second-order valence-electron chi connectivity index (χ2n) is 4.88. The highest BCUT2D eigenvalue weighted by Gasteiger charge is 2.21. The molecule has 1 aliphatic heterocycles. The van der Waals surface area contributed by atoms with E-state index in [0.29, 0.717) is 18.2 Å². The number of aromatic nitrogens is 1. The van der Waals surface area contributed by atoms with E-state index in [1.807, 2.05) is 12.3 Å². The van der Waals surface area contributed by atoms with E-state index in [2.05, 4.69) is 15.2 Å². The molecule has 6 heteroatoms. The van der Waals surface area contributed by atoms with Gasteiger partial charge in [-0.1, -0.05) is 6.92 Å². The van der Waals surface area contributed by atoms with Crippen LogP contribution in [0.3, 0.4) is 0 Å². The van der Waals surface area contributed by atoms with E-state index >= 15 is 0 Å². The van der Waals surface area contributed by atoms with Crippen LogP contribution in [-0.4, -0.2) is 42.2 Å². The van der Waals surface area contributed by atoms with Crippen molar-refractivity contribution in [2.75, 3.05) is 31.1 Å². The van der Waals surface area contributed by atoms with E-state index in [4.69, 9.17) is 5.11 Å². The number of carbonyl (C=O) groups is 1. The van der Waals surface area contributed by atoms with Crippen molar-refractivity contribution < 1.29 is 9.90 Å². The maximum Gasteiger partial charge on any atom is 0.270 e. The molecule has 1 saturated heterocycles. The smallest absolute Gasteiger partial charge is 0.270 e. The van der Waals surface area contributed by atoms with Gasteiger partial charge in [0, 0.05) is 31.6 Å². The lowest BCUT2D eigenvalue weighted by molar-refractivity contribution is 0.0949. The highest BCUT2D eigenvalue weighted by Crippen LogP contribution is 2.26. The SMILES string of the molecule is CCCNC(=O)c1csc(N2CCC(CO)CC2)n1. The van der Waals surface area contributed by atoms with Crippen LogP contribution in [-0.2, 0) is 0 Å². The molecule has 1 fully saturated rings. The molecule has 2 heterocycles. The van der Waals surface area contributed by atoms with Crippen molar-refractivity contribution in [1.82, 2.24) is 10.3 Å². The fourth-order valence-corrected chi connectivity index (χ4v) is 3.01. The lowest BCUT2D eigenvalue weighted by Crippen LogP contribution is -2.34. The third kappa shape index (κ3) is 3.67. The number of hydrogen-bond donors (Lipinski definition) is 2. The zero-order chi connectivity index (χ0) is 13.7. The van der Waals surface area contributed by atoms with E-state index < -0.39 is 0 Å². The summed E-state index contributed by atoms with van der Waals surface area (Å²) >= 11 is 1.52. The number of nitrogens with one attached hydrogen (secondary N) is 1. The Labute approximate surface area is 117 Å². The molecule has 5 nitrogen and oxygen atoms in total. The molecule has 0 atom stereocenters. The normalized spacial score (nSPS) is 16.6. The van der Waals surface area contributed by atoms with Crippen LogP contribution in [0, 0.1) is 5.92 Å². The molecule has 0 aliphatic carbocycles. The molecule has 1 amide bonds. The van der Waals surface area contributed by atoms with Gasteiger partial charge in [-0.2, -0.15) is 0 Å². The van der Waals surface area contributed by atoms with Gasteiger partial charge in [0.1, 0.15) is 5.69 Å². The highest BCUT2D eigenvalue weighted by atomic mass is 32.1. The van der Waals surface area contributed by atoms with Gasteiger partial charge < -0.3 is 15.3 Å². The van der Waals surface area contributed by atoms with Crippen LogP contribution in [0.4, 0.5) is 5.13 Å². The number of hydrogen-bond acceptors (Lipinski definition) is 5. The predicted molar refractivity (Wildman–Crippen MR) is 76.8 cm³/mol. The van der Waals surface area contributed by atoms with Crippen molar-refractivity contribution in [3.05, 3.63) is 11.1 Å². The molecule has 0 spiro atoms. The molecule has 1 aliphatic rings. The minimum Gasteiger partial charge on any atom is -0.396 e. The van der Waals surface area contributed by atoms with E-state index in [1.165, 1.54) is 11.3 Å². The zero-order valence-corrected chi connectivity index (χ0v) is 12.1. The van der Waals surface area contributed by atoms with Crippen LogP contribution in [0.5, 0.6) is 0 Å². The Morgan fingerprint density at radius 3 is 2.95 bits per heavy atom. The van der Waals surface area contributed by atoms with Gasteiger partial charge in [-0.25, -0.2) is 4.98 Å². The molecule has 1 aromatic rings. The first-order chi connectivity index (χ1) is 9.24. The van der Waals surface area contributed by atoms with Crippen molar-refractivity contribution >= 4 is 22.4 Å². The molecule has 2 N–H and O–H groups in total. The Morgan fingerprint density at radius 2 is 2.32 bits per heavy atom. The Morgan fingerprint density at radius 1 is 1.58 bits per heavy atom. The quantitative estimate of drug-likeness (QED) is 0.859. The molecule has 0 aromatic carbocycles. The number of rotatable bonds is 5. The third-order valence-electron chi connectivity index (χ3n) is 3.40. The molecule has 0 radical (unpaired) electrons. The van der Waals surface area contributed by atoms with Crippen LogP contribution in [0.2, 0.25) is 0 Å². The molecular weight excluding hydrogens is 262 g/mol. The summed E-state index contributed by atoms with van der Waals surface area (Å²) < 4.78 is 0. The third-order valence-corrected chi connectivity index (χ3v) is 4.30. The van der Waals surface area contributed by atoms with Gasteiger partial charge >= 0.3 is 0 Å². The van der Waals surface area contributed by atoms with E-state index in [-0.39, 0.29) is 12.5 Å². The number of amides is 1. The topological polar surface area (TPSA) is 65.5 Å². The lowest BCUT2D eigenvalue weighted by atomic mass is 9.98. The standard InChI is InChI=1S/C13H21N3O2S/c1-2-5-14-12(18)11-9-19-13(15-11)16-6-3-10(8-17)4-7-16/h9-10,17H,2-8H2,1H3,(H,14,18). The van der Waals surface area contributed by atoms with Crippen LogP contribution in [0.15, 0.2) is 5.38 Å². The molecule has 1 aromatic heterocycles. The number of anilines is 1. The molecule has 0 bridgehead atoms. The largest absolute Gasteiger partial charge is 0.396 e. The Bertz CT molecular complexity index is 414. The monoisotopic (exact) mass is 283 g/mol. The van der Waals surface area contributed by atoms with Crippen LogP contribution >= 0.6 is 11.3 Å². The summed E-state index contributed by atoms with van der Waals surface area (Å²) in [6.45, 7) is 4.81. The molecule has 2 rings (SSSR count). The fraction of sp³-hybridized carbons (Fsp3) is 0.692. The van der Waals surface area contributed by atoms with Crippen LogP contribution in [0.25, 0.3) is 0 Å². The minimum absolute atomic E-state index is 0.0883. The summed E-state index contributed by atoms with van der Waals surface area (Å²) in [6.07, 6.45) is 2.91. The van der Waals surface area contributed by atoms with Gasteiger partial charge in [-0.15, -0.1) is 11.3 Å². The van der Waals surface area contributed by atoms with Crippen molar-refractivity contribution in [2.45, 2.75) is 26.2 Å². The van der Waals surface area contributed by atoms with Crippen molar-refractivity contribution in [3.63, 3.8) is 0 Å². The zero-order valence-electron chi connectivity index (χ0n) is 11.3. The lowest BCUT2D eigenvalue weighted by Gasteiger charge is -2.30. The van der Waals surface area contributed by atoms with Gasteiger partial charge in [0.2, 0.25) is 0 Å². The highest BCUT2D eigenvalue weighted by molar-refractivity contribution is 7.13. The van der Waals surface area contributed by atoms with Crippen molar-refractivity contribution in [3.8, 4) is 0 Å². The second kappa shape index (κ2) is 6.86. The Kier molecular flexibility index (Phi) is 5.15. The van der Waals surface area contributed by atoms with E-state index in [0.717, 1.165) is 37.5 Å². The van der Waals surface area contributed by atoms with Gasteiger partial charge in [0.25, 0.3) is 5.91 Å². The molecule has 19 heavy (non-hydrogen) atoms. The average Bonchev–Trinajstić information content (AvgIpc) is 2.94. The van der Waals surface area contributed by atoms with Crippen LogP contribution < -0.4 is 10.2 Å². The van der Waals surface area contributed by atoms with E-state index in [9.17, 15) is 4.79 Å². The molecule has 0 saturated carbocycles. The maximum atomic E-state index is 11.8. The summed E-state index contributed by atoms with van der Waals surface area (Å²) in [5.41, 5.74) is 0.512. The molecule has 106 valence electrons. The van der Waals surface area contributed by atoms with Crippen LogP contribution in [0.1, 0.15) is 36.7 Å². The number of piperidine rings is 1. The minimum atomic E-state index is -0.0883. The van der Waals surface area contributed by atoms with E-state index in [1.54, 1.807) is 0 Å². The first-order valence-corrected chi connectivity index (χ1v) is 7.72. The summed E-state index contributed by atoms with van der Waals surface area (Å²) in [6, 6.07) is 0. The summed E-state index contributed by atoms with van der Waals surface area (Å²) in [7, 11) is 0. The number of aliphatic hydroxyl groups excluding tert-OH is 1. The summed E-state index contributed by atoms with van der Waals surface area (Å²) in [5, 5.41) is 14.7. The number of thiazole rings is 1. The number of aliphatic hydroxyl groups is 1. The van der Waals surface area contributed by atoms with Gasteiger partial charge in [0.05, 0.1) is 0 Å². The van der Waals surface area contributed by atoms with Gasteiger partial charge in [0.15, 0.2) is 5.13 Å². The predicted octanol–water partition coefficient (Wildman–Crippen LogP) is 1.49. The maximum absolute atomic E-state index is 11.8. The first-order valence-electron chi connectivity index (χ1n) is 6.84.